The molecule has 2 rings (SSSR count). The van der Waals surface area contributed by atoms with Crippen LogP contribution in [0.25, 0.3) is 0 Å². The van der Waals surface area contributed by atoms with Crippen LogP contribution in [0.1, 0.15) is 17.4 Å². The Balaban J connectivity index is 2.04. The van der Waals surface area contributed by atoms with Crippen LogP contribution in [0.15, 0.2) is 40.2 Å². The standard InChI is InChI=1S/C15H17BrN2OS/c1-3-18(10-12-8-9-14(16)20-12)15(19)17-13-7-5-4-6-11(13)2/h4-9H,3,10H2,1-2H3,(H,17,19). The number of hydrogen-bond donors (Lipinski definition) is 1. The highest BCUT2D eigenvalue weighted by atomic mass is 79.9. The normalized spacial score (nSPS) is 10.3. The first-order valence-electron chi connectivity index (χ1n) is 6.46. The first-order valence-corrected chi connectivity index (χ1v) is 8.07. The maximum Gasteiger partial charge on any atom is 0.322 e. The van der Waals surface area contributed by atoms with Crippen LogP contribution >= 0.6 is 27.3 Å². The van der Waals surface area contributed by atoms with E-state index in [0.29, 0.717) is 13.1 Å². The number of anilines is 1. The van der Waals surface area contributed by atoms with Crippen molar-refractivity contribution in [3.05, 3.63) is 50.6 Å². The third-order valence-corrected chi connectivity index (χ3v) is 4.64. The monoisotopic (exact) mass is 352 g/mol. The molecule has 0 saturated carbocycles. The summed E-state index contributed by atoms with van der Waals surface area (Å²) >= 11 is 5.10. The number of carbonyl (C=O) groups excluding carboxylic acids is 1. The summed E-state index contributed by atoms with van der Waals surface area (Å²) in [5.41, 5.74) is 1.93. The molecule has 3 nitrogen and oxygen atoms in total. The van der Waals surface area contributed by atoms with Crippen LogP contribution in [-0.4, -0.2) is 17.5 Å². The molecule has 0 spiro atoms. The highest BCUT2D eigenvalue weighted by Crippen LogP contribution is 2.23. The van der Waals surface area contributed by atoms with Gasteiger partial charge in [0.1, 0.15) is 0 Å². The predicted molar refractivity (Wildman–Crippen MR) is 88.3 cm³/mol. The number of para-hydroxylation sites is 1. The fraction of sp³-hybridized carbons (Fsp3) is 0.267. The fourth-order valence-electron chi connectivity index (χ4n) is 1.86. The molecule has 1 heterocycles. The minimum absolute atomic E-state index is 0.0636. The van der Waals surface area contributed by atoms with Gasteiger partial charge in [-0.05, 0) is 53.5 Å². The fourth-order valence-corrected chi connectivity index (χ4v) is 3.36. The van der Waals surface area contributed by atoms with Crippen molar-refractivity contribution in [3.63, 3.8) is 0 Å². The number of nitrogens with zero attached hydrogens (tertiary/aromatic N) is 1. The molecular formula is C15H17BrN2OS. The van der Waals surface area contributed by atoms with Crippen molar-refractivity contribution >= 4 is 39.0 Å². The van der Waals surface area contributed by atoms with Crippen LogP contribution in [0.3, 0.4) is 0 Å². The number of benzene rings is 1. The number of urea groups is 1. The van der Waals surface area contributed by atoms with Crippen molar-refractivity contribution in [3.8, 4) is 0 Å². The molecule has 1 aromatic heterocycles. The second-order valence-electron chi connectivity index (χ2n) is 4.47. The minimum atomic E-state index is -0.0636. The van der Waals surface area contributed by atoms with Gasteiger partial charge in [-0.25, -0.2) is 4.79 Å². The van der Waals surface area contributed by atoms with Crippen LogP contribution < -0.4 is 5.32 Å². The Hall–Kier alpha value is -1.33. The number of thiophene rings is 1. The lowest BCUT2D eigenvalue weighted by Gasteiger charge is -2.21. The van der Waals surface area contributed by atoms with E-state index in [1.54, 1.807) is 16.2 Å². The molecule has 106 valence electrons. The Kier molecular flexibility index (Phi) is 5.20. The molecule has 1 N–H and O–H groups in total. The topological polar surface area (TPSA) is 32.3 Å². The average Bonchev–Trinajstić information content (AvgIpc) is 2.84. The molecule has 0 unspecified atom stereocenters. The van der Waals surface area contributed by atoms with Gasteiger partial charge in [-0.2, -0.15) is 0 Å². The first-order chi connectivity index (χ1) is 9.60. The minimum Gasteiger partial charge on any atom is -0.320 e. The summed E-state index contributed by atoms with van der Waals surface area (Å²) < 4.78 is 1.09. The highest BCUT2D eigenvalue weighted by Gasteiger charge is 2.13. The van der Waals surface area contributed by atoms with Gasteiger partial charge in [-0.15, -0.1) is 11.3 Å². The van der Waals surface area contributed by atoms with Crippen molar-refractivity contribution in [1.29, 1.82) is 0 Å². The van der Waals surface area contributed by atoms with E-state index in [2.05, 4.69) is 21.2 Å². The molecule has 0 radical (unpaired) electrons. The van der Waals surface area contributed by atoms with Crippen LogP contribution in [-0.2, 0) is 6.54 Å². The van der Waals surface area contributed by atoms with Gasteiger partial charge in [0.2, 0.25) is 0 Å². The molecule has 2 amide bonds. The highest BCUT2D eigenvalue weighted by molar-refractivity contribution is 9.11. The summed E-state index contributed by atoms with van der Waals surface area (Å²) in [6.07, 6.45) is 0. The van der Waals surface area contributed by atoms with Crippen molar-refractivity contribution in [1.82, 2.24) is 4.90 Å². The van der Waals surface area contributed by atoms with E-state index in [4.69, 9.17) is 0 Å². The summed E-state index contributed by atoms with van der Waals surface area (Å²) in [5, 5.41) is 2.97. The number of halogens is 1. The third kappa shape index (κ3) is 3.84. The third-order valence-electron chi connectivity index (χ3n) is 3.03. The van der Waals surface area contributed by atoms with Crippen LogP contribution in [0.5, 0.6) is 0 Å². The molecule has 5 heteroatoms. The Morgan fingerprint density at radius 3 is 2.65 bits per heavy atom. The lowest BCUT2D eigenvalue weighted by molar-refractivity contribution is 0.212. The van der Waals surface area contributed by atoms with Crippen LogP contribution in [0.4, 0.5) is 10.5 Å². The predicted octanol–water partition coefficient (Wildman–Crippen LogP) is 4.87. The maximum atomic E-state index is 12.3. The molecule has 2 aromatic rings. The van der Waals surface area contributed by atoms with E-state index < -0.39 is 0 Å². The molecule has 0 fully saturated rings. The second kappa shape index (κ2) is 6.90. The average molecular weight is 353 g/mol. The summed E-state index contributed by atoms with van der Waals surface area (Å²) in [6.45, 7) is 5.28. The van der Waals surface area contributed by atoms with Gasteiger partial charge in [0.05, 0.1) is 10.3 Å². The molecule has 0 aliphatic rings. The van der Waals surface area contributed by atoms with Gasteiger partial charge in [0.15, 0.2) is 0 Å². The smallest absolute Gasteiger partial charge is 0.320 e. The number of carbonyl (C=O) groups is 1. The largest absolute Gasteiger partial charge is 0.322 e. The van der Waals surface area contributed by atoms with Gasteiger partial charge in [-0.3, -0.25) is 0 Å². The number of rotatable bonds is 4. The van der Waals surface area contributed by atoms with Crippen molar-refractivity contribution in [2.24, 2.45) is 0 Å². The number of amides is 2. The zero-order chi connectivity index (χ0) is 14.5. The van der Waals surface area contributed by atoms with Gasteiger partial charge < -0.3 is 10.2 Å². The van der Waals surface area contributed by atoms with E-state index in [9.17, 15) is 4.79 Å². The molecule has 0 saturated heterocycles. The van der Waals surface area contributed by atoms with E-state index >= 15 is 0 Å². The van der Waals surface area contributed by atoms with Crippen molar-refractivity contribution in [2.45, 2.75) is 20.4 Å². The summed E-state index contributed by atoms with van der Waals surface area (Å²) in [7, 11) is 0. The van der Waals surface area contributed by atoms with Crippen LogP contribution in [0.2, 0.25) is 0 Å². The van der Waals surface area contributed by atoms with E-state index in [1.807, 2.05) is 50.2 Å². The lowest BCUT2D eigenvalue weighted by atomic mass is 10.2. The SMILES string of the molecule is CCN(Cc1ccc(Br)s1)C(=O)Nc1ccccc1C. The molecule has 1 aromatic carbocycles. The van der Waals surface area contributed by atoms with Gasteiger partial charge in [-0.1, -0.05) is 18.2 Å². The summed E-state index contributed by atoms with van der Waals surface area (Å²) in [6, 6.07) is 11.8. The summed E-state index contributed by atoms with van der Waals surface area (Å²) in [5.74, 6) is 0. The van der Waals surface area contributed by atoms with Crippen molar-refractivity contribution < 1.29 is 4.79 Å². The zero-order valence-corrected chi connectivity index (χ0v) is 13.9. The van der Waals surface area contributed by atoms with Gasteiger partial charge in [0.25, 0.3) is 0 Å². The number of nitrogens with one attached hydrogen (secondary N) is 1. The van der Waals surface area contributed by atoms with Gasteiger partial charge >= 0.3 is 6.03 Å². The number of hydrogen-bond acceptors (Lipinski definition) is 2. The Morgan fingerprint density at radius 2 is 2.05 bits per heavy atom. The molecule has 0 aliphatic heterocycles. The summed E-state index contributed by atoms with van der Waals surface area (Å²) in [4.78, 5) is 15.3. The second-order valence-corrected chi connectivity index (χ2v) is 7.01. The lowest BCUT2D eigenvalue weighted by Crippen LogP contribution is -2.34. The quantitative estimate of drug-likeness (QED) is 0.835. The molecule has 20 heavy (non-hydrogen) atoms. The molecule has 0 aliphatic carbocycles. The number of aryl methyl sites for hydroxylation is 1. The molecule has 0 bridgehead atoms. The first kappa shape index (κ1) is 15.1. The molecule has 0 atom stereocenters. The Labute approximate surface area is 131 Å². The van der Waals surface area contributed by atoms with E-state index in [0.717, 1.165) is 15.0 Å². The van der Waals surface area contributed by atoms with E-state index in [1.165, 1.54) is 4.88 Å². The van der Waals surface area contributed by atoms with Crippen molar-refractivity contribution in [2.75, 3.05) is 11.9 Å². The van der Waals surface area contributed by atoms with Crippen LogP contribution in [0, 0.1) is 6.92 Å². The Morgan fingerprint density at radius 1 is 1.30 bits per heavy atom. The zero-order valence-electron chi connectivity index (χ0n) is 11.5. The molecular weight excluding hydrogens is 336 g/mol. The Bertz CT molecular complexity index is 597. The maximum absolute atomic E-state index is 12.3. The van der Waals surface area contributed by atoms with Gasteiger partial charge in [0, 0.05) is 17.1 Å². The van der Waals surface area contributed by atoms with E-state index in [-0.39, 0.29) is 6.03 Å².